The first-order chi connectivity index (χ1) is 10.1. The predicted molar refractivity (Wildman–Crippen MR) is 85.7 cm³/mol. The van der Waals surface area contributed by atoms with E-state index < -0.39 is 18.4 Å². The van der Waals surface area contributed by atoms with Gasteiger partial charge in [0.1, 0.15) is 0 Å². The number of hydrogen-bond acceptors (Lipinski definition) is 1. The van der Waals surface area contributed by atoms with Gasteiger partial charge in [-0.1, -0.05) is 34.9 Å². The van der Waals surface area contributed by atoms with E-state index in [9.17, 15) is 18.0 Å². The molecule has 0 unspecified atom stereocenters. The summed E-state index contributed by atoms with van der Waals surface area (Å²) in [6.45, 7) is 8.15. The Hall–Kier alpha value is -1.32. The minimum absolute atomic E-state index is 0.160. The van der Waals surface area contributed by atoms with Crippen molar-refractivity contribution in [3.63, 3.8) is 0 Å². The van der Waals surface area contributed by atoms with Gasteiger partial charge in [0.15, 0.2) is 0 Å². The highest BCUT2D eigenvalue weighted by atomic mass is 19.4. The second kappa shape index (κ2) is 10.4. The Bertz CT molecular complexity index is 436. The van der Waals surface area contributed by atoms with E-state index in [2.05, 4.69) is 32.9 Å². The first-order valence-corrected chi connectivity index (χ1v) is 7.67. The number of Topliss-reactive ketones (excluding diaryl/α,β-unsaturated/α-hetero) is 1. The maximum absolute atomic E-state index is 12.0. The van der Waals surface area contributed by atoms with E-state index in [-0.39, 0.29) is 6.42 Å². The summed E-state index contributed by atoms with van der Waals surface area (Å²) >= 11 is 0. The lowest BCUT2D eigenvalue weighted by Crippen LogP contribution is -2.21. The van der Waals surface area contributed by atoms with Gasteiger partial charge in [-0.2, -0.15) is 13.2 Å². The van der Waals surface area contributed by atoms with Crippen molar-refractivity contribution in [1.82, 2.24) is 0 Å². The van der Waals surface area contributed by atoms with Crippen molar-refractivity contribution in [2.45, 2.75) is 72.4 Å². The Kier molecular flexibility index (Phi) is 9.79. The SMILES string of the molecule is CC(C)=CCC/C(C)=C/CC/C(C)=C/CCC(=O)C(F)(F)F. The van der Waals surface area contributed by atoms with E-state index >= 15 is 0 Å². The second-order valence-corrected chi connectivity index (χ2v) is 5.92. The lowest BCUT2D eigenvalue weighted by atomic mass is 10.1. The van der Waals surface area contributed by atoms with Crippen LogP contribution in [0.4, 0.5) is 13.2 Å². The van der Waals surface area contributed by atoms with E-state index in [0.29, 0.717) is 0 Å². The fourth-order valence-electron chi connectivity index (χ4n) is 1.93. The van der Waals surface area contributed by atoms with Crippen LogP contribution in [-0.2, 0) is 4.79 Å². The summed E-state index contributed by atoms with van der Waals surface area (Å²) in [7, 11) is 0. The number of hydrogen-bond donors (Lipinski definition) is 0. The summed E-state index contributed by atoms with van der Waals surface area (Å²) in [6.07, 6.45) is 4.90. The molecule has 0 atom stereocenters. The zero-order valence-corrected chi connectivity index (χ0v) is 14.0. The van der Waals surface area contributed by atoms with Crippen LogP contribution in [0.2, 0.25) is 0 Å². The number of allylic oxidation sites excluding steroid dienone is 6. The van der Waals surface area contributed by atoms with Gasteiger partial charge in [0.05, 0.1) is 0 Å². The van der Waals surface area contributed by atoms with E-state index in [1.807, 2.05) is 6.92 Å². The van der Waals surface area contributed by atoms with Gasteiger partial charge >= 0.3 is 6.18 Å². The molecule has 0 bridgehead atoms. The molecule has 0 spiro atoms. The van der Waals surface area contributed by atoms with E-state index in [1.165, 1.54) is 11.1 Å². The first-order valence-electron chi connectivity index (χ1n) is 7.67. The summed E-state index contributed by atoms with van der Waals surface area (Å²) in [6, 6.07) is 0. The molecule has 0 aliphatic rings. The minimum atomic E-state index is -4.70. The third-order valence-electron chi connectivity index (χ3n) is 3.30. The van der Waals surface area contributed by atoms with Crippen LogP contribution in [0, 0.1) is 0 Å². The van der Waals surface area contributed by atoms with Crippen molar-refractivity contribution in [1.29, 1.82) is 0 Å². The number of rotatable bonds is 9. The number of ketones is 1. The van der Waals surface area contributed by atoms with Crippen LogP contribution >= 0.6 is 0 Å². The fourth-order valence-corrected chi connectivity index (χ4v) is 1.93. The molecule has 0 saturated carbocycles. The molecule has 0 aromatic heterocycles. The quantitative estimate of drug-likeness (QED) is 0.455. The lowest BCUT2D eigenvalue weighted by Gasteiger charge is -2.04. The van der Waals surface area contributed by atoms with Crippen LogP contribution in [-0.4, -0.2) is 12.0 Å². The molecule has 0 aromatic rings. The van der Waals surface area contributed by atoms with Gasteiger partial charge in [-0.05, 0) is 59.8 Å². The van der Waals surface area contributed by atoms with Crippen LogP contribution in [0.25, 0.3) is 0 Å². The van der Waals surface area contributed by atoms with Gasteiger partial charge in [-0.25, -0.2) is 0 Å². The van der Waals surface area contributed by atoms with Gasteiger partial charge < -0.3 is 0 Å². The number of alkyl halides is 3. The highest BCUT2D eigenvalue weighted by molar-refractivity contribution is 5.84. The first kappa shape index (κ1) is 20.7. The third-order valence-corrected chi connectivity index (χ3v) is 3.30. The van der Waals surface area contributed by atoms with E-state index in [1.54, 1.807) is 6.08 Å². The second-order valence-electron chi connectivity index (χ2n) is 5.92. The Balaban J connectivity index is 4.02. The summed E-state index contributed by atoms with van der Waals surface area (Å²) in [5.74, 6) is -1.65. The van der Waals surface area contributed by atoms with Crippen LogP contribution in [0.3, 0.4) is 0 Å². The average Bonchev–Trinajstić information content (AvgIpc) is 2.37. The van der Waals surface area contributed by atoms with Crippen molar-refractivity contribution >= 4 is 5.78 Å². The molecule has 0 heterocycles. The summed E-state index contributed by atoms with van der Waals surface area (Å²) < 4.78 is 36.1. The highest BCUT2D eigenvalue weighted by Crippen LogP contribution is 2.19. The van der Waals surface area contributed by atoms with Crippen LogP contribution in [0.5, 0.6) is 0 Å². The monoisotopic (exact) mass is 316 g/mol. The highest BCUT2D eigenvalue weighted by Gasteiger charge is 2.36. The largest absolute Gasteiger partial charge is 0.449 e. The standard InChI is InChI=1S/C18H27F3O/c1-14(2)8-5-9-15(3)10-6-11-16(4)12-7-13-17(22)18(19,20)21/h8,10,12H,5-7,9,11,13H2,1-4H3/b15-10+,16-12+. The molecule has 0 N–H and O–H groups in total. The molecular weight excluding hydrogens is 289 g/mol. The maximum atomic E-state index is 12.0. The summed E-state index contributed by atoms with van der Waals surface area (Å²) in [4.78, 5) is 10.7. The molecule has 22 heavy (non-hydrogen) atoms. The summed E-state index contributed by atoms with van der Waals surface area (Å²) in [5, 5.41) is 0. The maximum Gasteiger partial charge on any atom is 0.449 e. The average molecular weight is 316 g/mol. The van der Waals surface area contributed by atoms with Crippen LogP contribution < -0.4 is 0 Å². The Morgan fingerprint density at radius 1 is 0.773 bits per heavy atom. The molecule has 0 radical (unpaired) electrons. The zero-order chi connectivity index (χ0) is 17.2. The van der Waals surface area contributed by atoms with Gasteiger partial charge in [-0.15, -0.1) is 0 Å². The number of carbonyl (C=O) groups is 1. The molecule has 0 aliphatic carbocycles. The van der Waals surface area contributed by atoms with E-state index in [4.69, 9.17) is 0 Å². The minimum Gasteiger partial charge on any atom is -0.290 e. The predicted octanol–water partition coefficient (Wildman–Crippen LogP) is 6.32. The lowest BCUT2D eigenvalue weighted by molar-refractivity contribution is -0.170. The summed E-state index contributed by atoms with van der Waals surface area (Å²) in [5.41, 5.74) is 3.68. The molecule has 0 rings (SSSR count). The molecule has 1 nitrogen and oxygen atoms in total. The van der Waals surface area contributed by atoms with Gasteiger partial charge in [-0.3, -0.25) is 4.79 Å². The van der Waals surface area contributed by atoms with Gasteiger partial charge in [0, 0.05) is 6.42 Å². The zero-order valence-electron chi connectivity index (χ0n) is 14.0. The molecule has 0 amide bonds. The molecule has 4 heteroatoms. The molecule has 126 valence electrons. The van der Waals surface area contributed by atoms with Crippen molar-refractivity contribution < 1.29 is 18.0 Å². The number of carbonyl (C=O) groups excluding carboxylic acids is 1. The van der Waals surface area contributed by atoms with Crippen molar-refractivity contribution in [2.75, 3.05) is 0 Å². The van der Waals surface area contributed by atoms with Crippen molar-refractivity contribution in [3.8, 4) is 0 Å². The number of halogens is 3. The van der Waals surface area contributed by atoms with E-state index in [0.717, 1.165) is 31.3 Å². The molecular formula is C18H27F3O. The van der Waals surface area contributed by atoms with Gasteiger partial charge in [0.2, 0.25) is 5.78 Å². The Labute approximate surface area is 132 Å². The third kappa shape index (κ3) is 11.4. The molecule has 0 aliphatic heterocycles. The van der Waals surface area contributed by atoms with Crippen molar-refractivity contribution in [2.24, 2.45) is 0 Å². The molecule has 0 saturated heterocycles. The van der Waals surface area contributed by atoms with Gasteiger partial charge in [0.25, 0.3) is 0 Å². The normalized spacial score (nSPS) is 13.2. The van der Waals surface area contributed by atoms with Crippen LogP contribution in [0.15, 0.2) is 34.9 Å². The Morgan fingerprint density at radius 2 is 1.18 bits per heavy atom. The topological polar surface area (TPSA) is 17.1 Å². The van der Waals surface area contributed by atoms with Crippen LogP contribution in [0.1, 0.15) is 66.2 Å². The Morgan fingerprint density at radius 3 is 1.59 bits per heavy atom. The molecule has 0 fully saturated rings. The fraction of sp³-hybridized carbons (Fsp3) is 0.611. The smallest absolute Gasteiger partial charge is 0.290 e. The van der Waals surface area contributed by atoms with Crippen molar-refractivity contribution in [3.05, 3.63) is 34.9 Å². The molecule has 0 aromatic carbocycles.